The Hall–Kier alpha value is -2.60. The number of hydrogen-bond acceptors (Lipinski definition) is 3. The SMILES string of the molecule is CCNC(=O)[C@@H](C)N(Cc1ccc(F)cc1)C(=O)COc1ccc(Cl)cc1. The van der Waals surface area contributed by atoms with Crippen molar-refractivity contribution >= 4 is 23.4 Å². The second-order valence-corrected chi connectivity index (χ2v) is 6.40. The zero-order valence-corrected chi connectivity index (χ0v) is 16.0. The molecule has 0 aliphatic rings. The average molecular weight is 393 g/mol. The van der Waals surface area contributed by atoms with Crippen molar-refractivity contribution in [2.45, 2.75) is 26.4 Å². The van der Waals surface area contributed by atoms with Crippen LogP contribution < -0.4 is 10.1 Å². The number of nitrogens with one attached hydrogen (secondary N) is 1. The molecule has 0 aromatic heterocycles. The first-order chi connectivity index (χ1) is 12.9. The number of amides is 2. The topological polar surface area (TPSA) is 58.6 Å². The van der Waals surface area contributed by atoms with Gasteiger partial charge in [-0.3, -0.25) is 9.59 Å². The van der Waals surface area contributed by atoms with E-state index < -0.39 is 6.04 Å². The van der Waals surface area contributed by atoms with Crippen molar-refractivity contribution in [1.82, 2.24) is 10.2 Å². The molecule has 5 nitrogen and oxygen atoms in total. The van der Waals surface area contributed by atoms with Crippen LogP contribution in [0, 0.1) is 5.82 Å². The molecule has 2 rings (SSSR count). The molecule has 2 aromatic carbocycles. The molecule has 0 saturated heterocycles. The summed E-state index contributed by atoms with van der Waals surface area (Å²) in [7, 11) is 0. The molecule has 0 heterocycles. The van der Waals surface area contributed by atoms with Crippen molar-refractivity contribution in [3.8, 4) is 5.75 Å². The third-order valence-corrected chi connectivity index (χ3v) is 4.21. The smallest absolute Gasteiger partial charge is 0.261 e. The van der Waals surface area contributed by atoms with Gasteiger partial charge in [-0.15, -0.1) is 0 Å². The summed E-state index contributed by atoms with van der Waals surface area (Å²) < 4.78 is 18.6. The molecule has 0 unspecified atom stereocenters. The van der Waals surface area contributed by atoms with Crippen molar-refractivity contribution in [3.63, 3.8) is 0 Å². The minimum Gasteiger partial charge on any atom is -0.484 e. The van der Waals surface area contributed by atoms with Gasteiger partial charge in [0.05, 0.1) is 0 Å². The van der Waals surface area contributed by atoms with E-state index in [4.69, 9.17) is 16.3 Å². The highest BCUT2D eigenvalue weighted by atomic mass is 35.5. The quantitative estimate of drug-likeness (QED) is 0.749. The maximum atomic E-state index is 13.1. The lowest BCUT2D eigenvalue weighted by Gasteiger charge is -2.28. The Kier molecular flexibility index (Phi) is 7.61. The predicted molar refractivity (Wildman–Crippen MR) is 102 cm³/mol. The summed E-state index contributed by atoms with van der Waals surface area (Å²) in [4.78, 5) is 26.4. The highest BCUT2D eigenvalue weighted by molar-refractivity contribution is 6.30. The van der Waals surface area contributed by atoms with E-state index in [9.17, 15) is 14.0 Å². The first kappa shape index (κ1) is 20.7. The maximum absolute atomic E-state index is 13.1. The molecule has 0 fully saturated rings. The number of nitrogens with zero attached hydrogens (tertiary/aromatic N) is 1. The largest absolute Gasteiger partial charge is 0.484 e. The van der Waals surface area contributed by atoms with Gasteiger partial charge in [-0.05, 0) is 55.8 Å². The highest BCUT2D eigenvalue weighted by Crippen LogP contribution is 2.16. The predicted octanol–water partition coefficient (Wildman–Crippen LogP) is 3.41. The standard InChI is InChI=1S/C20H22ClFN2O3/c1-3-23-20(26)14(2)24(12-15-4-8-17(22)9-5-15)19(25)13-27-18-10-6-16(21)7-11-18/h4-11,14H,3,12-13H2,1-2H3,(H,23,26)/t14-/m1/s1. The molecule has 1 N–H and O–H groups in total. The molecule has 0 radical (unpaired) electrons. The van der Waals surface area contributed by atoms with Gasteiger partial charge in [0, 0.05) is 18.1 Å². The number of carbonyl (C=O) groups is 2. The molecular formula is C20H22ClFN2O3. The molecule has 0 aliphatic carbocycles. The van der Waals surface area contributed by atoms with Crippen LogP contribution in [0.5, 0.6) is 5.75 Å². The minimum atomic E-state index is -0.698. The van der Waals surface area contributed by atoms with Gasteiger partial charge >= 0.3 is 0 Å². The molecule has 144 valence electrons. The van der Waals surface area contributed by atoms with Crippen molar-refractivity contribution in [2.75, 3.05) is 13.2 Å². The van der Waals surface area contributed by atoms with Crippen LogP contribution in [0.4, 0.5) is 4.39 Å². The molecule has 0 aliphatic heterocycles. The van der Waals surface area contributed by atoms with Crippen LogP contribution in [-0.4, -0.2) is 35.9 Å². The number of likely N-dealkylation sites (N-methyl/N-ethyl adjacent to an activating group) is 1. The summed E-state index contributed by atoms with van der Waals surface area (Å²) >= 11 is 5.83. The Bertz CT molecular complexity index is 766. The van der Waals surface area contributed by atoms with E-state index in [-0.39, 0.29) is 30.8 Å². The maximum Gasteiger partial charge on any atom is 0.261 e. The summed E-state index contributed by atoms with van der Waals surface area (Å²) in [6.07, 6.45) is 0. The molecule has 0 bridgehead atoms. The van der Waals surface area contributed by atoms with E-state index >= 15 is 0 Å². The van der Waals surface area contributed by atoms with E-state index in [2.05, 4.69) is 5.32 Å². The number of benzene rings is 2. The summed E-state index contributed by atoms with van der Waals surface area (Å²) in [5.74, 6) is -0.480. The van der Waals surface area contributed by atoms with Gasteiger partial charge in [-0.1, -0.05) is 23.7 Å². The number of halogens is 2. The van der Waals surface area contributed by atoms with Crippen LogP contribution in [0.2, 0.25) is 5.02 Å². The third-order valence-electron chi connectivity index (χ3n) is 3.96. The number of carbonyl (C=O) groups excluding carboxylic acids is 2. The molecule has 0 saturated carbocycles. The summed E-state index contributed by atoms with van der Waals surface area (Å²) in [6, 6.07) is 11.7. The zero-order chi connectivity index (χ0) is 19.8. The van der Waals surface area contributed by atoms with E-state index in [0.29, 0.717) is 22.9 Å². The Morgan fingerprint density at radius 1 is 1.15 bits per heavy atom. The number of hydrogen-bond donors (Lipinski definition) is 1. The summed E-state index contributed by atoms with van der Waals surface area (Å²) in [5.41, 5.74) is 0.715. The molecular weight excluding hydrogens is 371 g/mol. The van der Waals surface area contributed by atoms with Gasteiger partial charge in [-0.2, -0.15) is 0 Å². The van der Waals surface area contributed by atoms with Crippen molar-refractivity contribution in [1.29, 1.82) is 0 Å². The molecule has 7 heteroatoms. The minimum absolute atomic E-state index is 0.168. The second-order valence-electron chi connectivity index (χ2n) is 5.96. The van der Waals surface area contributed by atoms with Crippen molar-refractivity contribution < 1.29 is 18.7 Å². The van der Waals surface area contributed by atoms with Gasteiger partial charge < -0.3 is 15.0 Å². The van der Waals surface area contributed by atoms with E-state index in [1.54, 1.807) is 50.2 Å². The van der Waals surface area contributed by atoms with Gasteiger partial charge in [0.15, 0.2) is 6.61 Å². The van der Waals surface area contributed by atoms with E-state index in [1.807, 2.05) is 0 Å². The fourth-order valence-electron chi connectivity index (χ4n) is 2.45. The molecule has 2 amide bonds. The third kappa shape index (κ3) is 6.25. The van der Waals surface area contributed by atoms with Gasteiger partial charge in [0.25, 0.3) is 5.91 Å². The Labute approximate surface area is 163 Å². The van der Waals surface area contributed by atoms with Gasteiger partial charge in [0.2, 0.25) is 5.91 Å². The monoisotopic (exact) mass is 392 g/mol. The Morgan fingerprint density at radius 3 is 2.37 bits per heavy atom. The van der Waals surface area contributed by atoms with Gasteiger partial charge in [0.1, 0.15) is 17.6 Å². The van der Waals surface area contributed by atoms with Gasteiger partial charge in [-0.25, -0.2) is 4.39 Å². The average Bonchev–Trinajstić information content (AvgIpc) is 2.66. The van der Waals surface area contributed by atoms with Crippen LogP contribution in [0.15, 0.2) is 48.5 Å². The first-order valence-corrected chi connectivity index (χ1v) is 8.98. The van der Waals surface area contributed by atoms with Crippen LogP contribution in [0.3, 0.4) is 0 Å². The summed E-state index contributed by atoms with van der Waals surface area (Å²) in [6.45, 7) is 3.85. The molecule has 0 spiro atoms. The Morgan fingerprint density at radius 2 is 1.78 bits per heavy atom. The molecule has 27 heavy (non-hydrogen) atoms. The Balaban J connectivity index is 2.11. The van der Waals surface area contributed by atoms with Crippen molar-refractivity contribution in [2.24, 2.45) is 0 Å². The zero-order valence-electron chi connectivity index (χ0n) is 15.2. The highest BCUT2D eigenvalue weighted by Gasteiger charge is 2.26. The fourth-order valence-corrected chi connectivity index (χ4v) is 2.58. The van der Waals surface area contributed by atoms with Crippen LogP contribution in [0.1, 0.15) is 19.4 Å². The lowest BCUT2D eigenvalue weighted by molar-refractivity contribution is -0.142. The first-order valence-electron chi connectivity index (χ1n) is 8.60. The molecule has 2 aromatic rings. The van der Waals surface area contributed by atoms with Crippen LogP contribution in [0.25, 0.3) is 0 Å². The van der Waals surface area contributed by atoms with Crippen LogP contribution >= 0.6 is 11.6 Å². The number of ether oxygens (including phenoxy) is 1. The second kappa shape index (κ2) is 9.92. The fraction of sp³-hybridized carbons (Fsp3) is 0.300. The lowest BCUT2D eigenvalue weighted by atomic mass is 10.1. The van der Waals surface area contributed by atoms with E-state index in [0.717, 1.165) is 0 Å². The van der Waals surface area contributed by atoms with Crippen LogP contribution in [-0.2, 0) is 16.1 Å². The molecule has 1 atom stereocenters. The normalized spacial score (nSPS) is 11.6. The lowest BCUT2D eigenvalue weighted by Crippen LogP contribution is -2.49. The van der Waals surface area contributed by atoms with E-state index in [1.165, 1.54) is 17.0 Å². The summed E-state index contributed by atoms with van der Waals surface area (Å²) in [5, 5.41) is 3.27. The number of rotatable bonds is 8. The van der Waals surface area contributed by atoms with Crippen molar-refractivity contribution in [3.05, 3.63) is 64.9 Å².